The number of H-pyrrole nitrogens is 1. The largest absolute Gasteiger partial charge is 0.481 e. The van der Waals surface area contributed by atoms with Gasteiger partial charge in [0, 0.05) is 43.5 Å². The molecule has 0 bridgehead atoms. The van der Waals surface area contributed by atoms with E-state index in [4.69, 9.17) is 0 Å². The topological polar surface area (TPSA) is 103 Å². The lowest BCUT2D eigenvalue weighted by atomic mass is 9.90. The van der Waals surface area contributed by atoms with Gasteiger partial charge in [0.25, 0.3) is 0 Å². The average molecular weight is 357 g/mol. The van der Waals surface area contributed by atoms with Crippen LogP contribution in [0.3, 0.4) is 0 Å². The zero-order chi connectivity index (χ0) is 18.9. The molecule has 138 valence electrons. The number of hydrogen-bond donors (Lipinski definition) is 3. The van der Waals surface area contributed by atoms with Crippen molar-refractivity contribution < 1.29 is 19.5 Å². The second-order valence-electron chi connectivity index (χ2n) is 7.19. The van der Waals surface area contributed by atoms with Crippen LogP contribution in [0.5, 0.6) is 0 Å². The molecule has 3 N–H and O–H groups in total. The first kappa shape index (κ1) is 18.0. The van der Waals surface area contributed by atoms with Crippen molar-refractivity contribution in [3.63, 3.8) is 0 Å². The summed E-state index contributed by atoms with van der Waals surface area (Å²) in [6, 6.07) is 7.05. The summed E-state index contributed by atoms with van der Waals surface area (Å²) in [5, 5.41) is 13.1. The Bertz CT molecular complexity index is 859. The van der Waals surface area contributed by atoms with Gasteiger partial charge in [0.15, 0.2) is 0 Å². The van der Waals surface area contributed by atoms with Crippen LogP contribution in [0.15, 0.2) is 30.5 Å². The number of fused-ring (bicyclic) bond motifs is 1. The number of hydrogen-bond acceptors (Lipinski definition) is 3. The summed E-state index contributed by atoms with van der Waals surface area (Å²) in [7, 11) is 0. The van der Waals surface area contributed by atoms with Gasteiger partial charge < -0.3 is 20.3 Å². The summed E-state index contributed by atoms with van der Waals surface area (Å²) in [5.74, 6) is -1.43. The zero-order valence-corrected chi connectivity index (χ0v) is 14.9. The fraction of sp³-hybridized carbons (Fsp3) is 0.421. The molecule has 2 aromatic rings. The number of para-hydroxylation sites is 1. The monoisotopic (exact) mass is 357 g/mol. The number of benzene rings is 1. The van der Waals surface area contributed by atoms with Crippen LogP contribution >= 0.6 is 0 Å². The van der Waals surface area contributed by atoms with Gasteiger partial charge in [0.2, 0.25) is 11.8 Å². The first-order chi connectivity index (χ1) is 12.3. The Morgan fingerprint density at radius 2 is 2.08 bits per heavy atom. The maximum absolute atomic E-state index is 13.0. The Balaban J connectivity index is 1.81. The van der Waals surface area contributed by atoms with Gasteiger partial charge >= 0.3 is 5.97 Å². The molecule has 1 aromatic heterocycles. The van der Waals surface area contributed by atoms with Gasteiger partial charge in [0.05, 0.1) is 5.41 Å². The Morgan fingerprint density at radius 3 is 2.73 bits per heavy atom. The van der Waals surface area contributed by atoms with Gasteiger partial charge in [-0.05, 0) is 25.0 Å². The fourth-order valence-electron chi connectivity index (χ4n) is 3.51. The van der Waals surface area contributed by atoms with Gasteiger partial charge in [-0.15, -0.1) is 0 Å². The highest BCUT2D eigenvalue weighted by atomic mass is 16.4. The summed E-state index contributed by atoms with van der Waals surface area (Å²) < 4.78 is 0. The minimum absolute atomic E-state index is 0.158. The second kappa shape index (κ2) is 6.82. The Hall–Kier alpha value is -2.83. The molecular weight excluding hydrogens is 334 g/mol. The minimum atomic E-state index is -0.933. The molecule has 7 nitrogen and oxygen atoms in total. The summed E-state index contributed by atoms with van der Waals surface area (Å²) >= 11 is 0. The van der Waals surface area contributed by atoms with Gasteiger partial charge in [-0.2, -0.15) is 0 Å². The van der Waals surface area contributed by atoms with E-state index >= 15 is 0 Å². The molecule has 1 fully saturated rings. The summed E-state index contributed by atoms with van der Waals surface area (Å²) in [5.41, 5.74) is 0.973. The van der Waals surface area contributed by atoms with Crippen molar-refractivity contribution in [2.75, 3.05) is 13.1 Å². The molecule has 0 unspecified atom stereocenters. The number of aromatic amines is 1. The summed E-state index contributed by atoms with van der Waals surface area (Å²) in [6.07, 6.45) is 2.61. The fourth-order valence-corrected chi connectivity index (χ4v) is 3.51. The molecule has 0 radical (unpaired) electrons. The molecule has 0 aliphatic carbocycles. The van der Waals surface area contributed by atoms with Crippen molar-refractivity contribution in [2.45, 2.75) is 32.7 Å². The maximum atomic E-state index is 13.0. The van der Waals surface area contributed by atoms with E-state index in [1.54, 1.807) is 11.8 Å². The molecule has 0 saturated carbocycles. The smallest absolute Gasteiger partial charge is 0.311 e. The molecule has 1 aromatic carbocycles. The quantitative estimate of drug-likeness (QED) is 0.755. The number of amides is 2. The zero-order valence-electron chi connectivity index (χ0n) is 14.9. The van der Waals surface area contributed by atoms with E-state index in [1.807, 2.05) is 30.5 Å². The third-order valence-electron chi connectivity index (χ3n) is 5.08. The summed E-state index contributed by atoms with van der Waals surface area (Å²) in [4.78, 5) is 40.7. The van der Waals surface area contributed by atoms with E-state index in [0.717, 1.165) is 16.5 Å². The molecule has 1 saturated heterocycles. The van der Waals surface area contributed by atoms with Crippen molar-refractivity contribution in [3.05, 3.63) is 36.0 Å². The van der Waals surface area contributed by atoms with Crippen molar-refractivity contribution in [1.29, 1.82) is 0 Å². The number of nitrogens with zero attached hydrogens (tertiary/aromatic N) is 1. The molecule has 1 aliphatic rings. The first-order valence-electron chi connectivity index (χ1n) is 8.64. The molecule has 7 heteroatoms. The van der Waals surface area contributed by atoms with Crippen molar-refractivity contribution >= 4 is 28.7 Å². The van der Waals surface area contributed by atoms with Crippen molar-refractivity contribution in [1.82, 2.24) is 15.2 Å². The van der Waals surface area contributed by atoms with Crippen LogP contribution in [0, 0.1) is 5.41 Å². The second-order valence-corrected chi connectivity index (χ2v) is 7.19. The number of nitrogens with one attached hydrogen (secondary N) is 2. The summed E-state index contributed by atoms with van der Waals surface area (Å²) in [6.45, 7) is 3.56. The molecular formula is C19H23N3O4. The normalized spacial score (nSPS) is 20.9. The van der Waals surface area contributed by atoms with E-state index in [2.05, 4.69) is 10.3 Å². The van der Waals surface area contributed by atoms with Crippen LogP contribution in [0.1, 0.15) is 25.8 Å². The Kier molecular flexibility index (Phi) is 4.71. The highest BCUT2D eigenvalue weighted by Crippen LogP contribution is 2.31. The number of aliphatic carboxylic acids is 1. The number of carboxylic acid groups (broad SMARTS) is 1. The van der Waals surface area contributed by atoms with Gasteiger partial charge in [-0.25, -0.2) is 0 Å². The van der Waals surface area contributed by atoms with Gasteiger partial charge in [0.1, 0.15) is 6.04 Å². The van der Waals surface area contributed by atoms with Gasteiger partial charge in [-0.1, -0.05) is 18.2 Å². The third kappa shape index (κ3) is 3.42. The van der Waals surface area contributed by atoms with Crippen LogP contribution in [0.25, 0.3) is 10.9 Å². The average Bonchev–Trinajstić information content (AvgIpc) is 3.18. The van der Waals surface area contributed by atoms with Crippen molar-refractivity contribution in [3.8, 4) is 0 Å². The third-order valence-corrected chi connectivity index (χ3v) is 5.08. The van der Waals surface area contributed by atoms with Crippen molar-refractivity contribution in [2.24, 2.45) is 5.41 Å². The molecule has 3 rings (SSSR count). The van der Waals surface area contributed by atoms with E-state index < -0.39 is 17.4 Å². The lowest BCUT2D eigenvalue weighted by molar-refractivity contribution is -0.147. The van der Waals surface area contributed by atoms with E-state index in [1.165, 1.54) is 6.92 Å². The highest BCUT2D eigenvalue weighted by Gasteiger charge is 2.43. The first-order valence-corrected chi connectivity index (χ1v) is 8.64. The molecule has 0 spiro atoms. The van der Waals surface area contributed by atoms with Gasteiger partial charge in [-0.3, -0.25) is 14.4 Å². The molecule has 1 aliphatic heterocycles. The van der Waals surface area contributed by atoms with Crippen LogP contribution in [-0.2, 0) is 20.8 Å². The number of rotatable bonds is 5. The minimum Gasteiger partial charge on any atom is -0.481 e. The number of aromatic nitrogens is 1. The van der Waals surface area contributed by atoms with Crippen LogP contribution in [0.2, 0.25) is 0 Å². The van der Waals surface area contributed by atoms with Crippen LogP contribution in [0.4, 0.5) is 0 Å². The van der Waals surface area contributed by atoms with E-state index in [9.17, 15) is 19.5 Å². The highest BCUT2D eigenvalue weighted by molar-refractivity contribution is 5.90. The van der Waals surface area contributed by atoms with Crippen LogP contribution < -0.4 is 5.32 Å². The number of carbonyl (C=O) groups is 3. The Morgan fingerprint density at radius 1 is 1.35 bits per heavy atom. The number of likely N-dealkylation sites (tertiary alicyclic amines) is 1. The molecule has 26 heavy (non-hydrogen) atoms. The number of carboxylic acids is 1. The predicted molar refractivity (Wildman–Crippen MR) is 96.5 cm³/mol. The molecule has 2 amide bonds. The van der Waals surface area contributed by atoms with E-state index in [0.29, 0.717) is 19.4 Å². The lowest BCUT2D eigenvalue weighted by Crippen LogP contribution is -2.49. The lowest BCUT2D eigenvalue weighted by Gasteiger charge is -2.25. The van der Waals surface area contributed by atoms with Crippen LogP contribution in [-0.4, -0.2) is 51.9 Å². The predicted octanol–water partition coefficient (Wildman–Crippen LogP) is 1.54. The number of carbonyl (C=O) groups excluding carboxylic acids is 2. The SMILES string of the molecule is CC(=O)N[C@@H](Cc1c[nH]c2ccccc12)C(=O)N1CC[C@@](C)(C(=O)O)C1. The Labute approximate surface area is 151 Å². The molecule has 2 atom stereocenters. The molecule has 2 heterocycles. The van der Waals surface area contributed by atoms with E-state index in [-0.39, 0.29) is 18.4 Å². The maximum Gasteiger partial charge on any atom is 0.311 e. The standard InChI is InChI=1S/C19H23N3O4/c1-12(23)21-16(9-13-10-20-15-6-4-3-5-14(13)15)17(24)22-8-7-19(2,11-22)18(25)26/h3-6,10,16,20H,7-9,11H2,1-2H3,(H,21,23)(H,25,26)/t16-,19+/m0/s1.